The first kappa shape index (κ1) is 20.8. The van der Waals surface area contributed by atoms with Gasteiger partial charge in [-0.15, -0.1) is 0 Å². The Balaban J connectivity index is 2.10. The van der Waals surface area contributed by atoms with Gasteiger partial charge in [0.25, 0.3) is 5.91 Å². The summed E-state index contributed by atoms with van der Waals surface area (Å²) >= 11 is 0. The van der Waals surface area contributed by atoms with Crippen LogP contribution in [0.25, 0.3) is 0 Å². The van der Waals surface area contributed by atoms with E-state index in [9.17, 15) is 10.1 Å². The van der Waals surface area contributed by atoms with Crippen LogP contribution < -0.4 is 20.3 Å². The summed E-state index contributed by atoms with van der Waals surface area (Å²) in [5.41, 5.74) is 3.40. The number of benzene rings is 2. The van der Waals surface area contributed by atoms with Crippen LogP contribution >= 0.6 is 0 Å². The van der Waals surface area contributed by atoms with Crippen LogP contribution in [-0.4, -0.2) is 26.1 Å². The van der Waals surface area contributed by atoms with Crippen LogP contribution in [0.2, 0.25) is 0 Å². The molecule has 1 amide bonds. The predicted molar refractivity (Wildman–Crippen MR) is 114 cm³/mol. The minimum absolute atomic E-state index is 0.0311. The fraction of sp³-hybridized carbons (Fsp3) is 0.273. The number of carbonyl (C=O) groups is 1. The van der Waals surface area contributed by atoms with Crippen molar-refractivity contribution < 1.29 is 9.53 Å². The molecular weight excluding hydrogens is 352 g/mol. The molecular formula is C22H26N4O2. The number of hydrogen-bond donors (Lipinski definition) is 2. The van der Waals surface area contributed by atoms with Crippen molar-refractivity contribution in [2.45, 2.75) is 20.8 Å². The van der Waals surface area contributed by atoms with E-state index in [1.807, 2.05) is 43.3 Å². The molecule has 0 bridgehead atoms. The van der Waals surface area contributed by atoms with Gasteiger partial charge in [-0.25, -0.2) is 0 Å². The molecule has 0 aromatic heterocycles. The molecule has 6 nitrogen and oxygen atoms in total. The monoisotopic (exact) mass is 378 g/mol. The maximum absolute atomic E-state index is 12.5. The average molecular weight is 378 g/mol. The minimum Gasteiger partial charge on any atom is -0.495 e. The average Bonchev–Trinajstić information content (AvgIpc) is 2.70. The van der Waals surface area contributed by atoms with E-state index >= 15 is 0 Å². The molecule has 2 rings (SSSR count). The van der Waals surface area contributed by atoms with E-state index < -0.39 is 5.91 Å². The molecule has 0 saturated carbocycles. The van der Waals surface area contributed by atoms with Crippen molar-refractivity contribution >= 4 is 23.0 Å². The van der Waals surface area contributed by atoms with Gasteiger partial charge in [0.15, 0.2) is 0 Å². The van der Waals surface area contributed by atoms with Crippen LogP contribution in [0.15, 0.2) is 54.2 Å². The Morgan fingerprint density at radius 1 is 1.18 bits per heavy atom. The Morgan fingerprint density at radius 2 is 1.86 bits per heavy atom. The number of rotatable bonds is 8. The van der Waals surface area contributed by atoms with Gasteiger partial charge < -0.3 is 20.3 Å². The third kappa shape index (κ3) is 5.27. The largest absolute Gasteiger partial charge is 0.495 e. The second kappa shape index (κ2) is 10.0. The van der Waals surface area contributed by atoms with Gasteiger partial charge in [-0.3, -0.25) is 4.79 Å². The first-order valence-corrected chi connectivity index (χ1v) is 9.20. The highest BCUT2D eigenvalue weighted by Gasteiger charge is 2.12. The third-order valence-corrected chi connectivity index (χ3v) is 4.35. The van der Waals surface area contributed by atoms with E-state index in [2.05, 4.69) is 29.4 Å². The van der Waals surface area contributed by atoms with E-state index in [0.29, 0.717) is 11.4 Å². The second-order valence-electron chi connectivity index (χ2n) is 6.19. The van der Waals surface area contributed by atoms with Crippen LogP contribution in [0.1, 0.15) is 19.4 Å². The Bertz CT molecular complexity index is 878. The summed E-state index contributed by atoms with van der Waals surface area (Å²) in [5, 5.41) is 15.1. The van der Waals surface area contributed by atoms with Gasteiger partial charge in [-0.2, -0.15) is 5.26 Å². The molecule has 0 fully saturated rings. The highest BCUT2D eigenvalue weighted by molar-refractivity contribution is 6.07. The van der Waals surface area contributed by atoms with Crippen molar-refractivity contribution in [2.24, 2.45) is 0 Å². The Kier molecular flexibility index (Phi) is 7.46. The Hall–Kier alpha value is -3.46. The number of amides is 1. The zero-order valence-corrected chi connectivity index (χ0v) is 16.7. The summed E-state index contributed by atoms with van der Waals surface area (Å²) in [7, 11) is 1.53. The number of carbonyl (C=O) groups excluding carboxylic acids is 1. The van der Waals surface area contributed by atoms with E-state index in [1.165, 1.54) is 13.3 Å². The zero-order chi connectivity index (χ0) is 20.5. The van der Waals surface area contributed by atoms with Gasteiger partial charge in [0.1, 0.15) is 17.4 Å². The van der Waals surface area contributed by atoms with E-state index in [1.54, 1.807) is 12.1 Å². The smallest absolute Gasteiger partial charge is 0.267 e. The summed E-state index contributed by atoms with van der Waals surface area (Å²) in [6.45, 7) is 8.01. The third-order valence-electron chi connectivity index (χ3n) is 4.35. The van der Waals surface area contributed by atoms with Crippen LogP contribution in [0.4, 0.5) is 17.1 Å². The first-order chi connectivity index (χ1) is 13.5. The number of methoxy groups -OCH3 is 1. The lowest BCUT2D eigenvalue weighted by atomic mass is 10.2. The summed E-state index contributed by atoms with van der Waals surface area (Å²) in [6.07, 6.45) is 1.41. The maximum atomic E-state index is 12.5. The first-order valence-electron chi connectivity index (χ1n) is 9.20. The van der Waals surface area contributed by atoms with Crippen LogP contribution in [0.5, 0.6) is 5.75 Å². The number of ether oxygens (including phenoxy) is 1. The van der Waals surface area contributed by atoms with Crippen molar-refractivity contribution in [3.63, 3.8) is 0 Å². The quantitative estimate of drug-likeness (QED) is 0.529. The van der Waals surface area contributed by atoms with Gasteiger partial charge in [-0.1, -0.05) is 6.07 Å². The van der Waals surface area contributed by atoms with Gasteiger partial charge in [0.2, 0.25) is 0 Å². The number of hydrogen-bond acceptors (Lipinski definition) is 5. The highest BCUT2D eigenvalue weighted by Crippen LogP contribution is 2.25. The predicted octanol–water partition coefficient (Wildman–Crippen LogP) is 4.31. The second-order valence-corrected chi connectivity index (χ2v) is 6.19. The van der Waals surface area contributed by atoms with Gasteiger partial charge in [-0.05, 0) is 62.7 Å². The number of anilines is 3. The number of nitrogens with one attached hydrogen (secondary N) is 2. The summed E-state index contributed by atoms with van der Waals surface area (Å²) < 4.78 is 5.26. The molecule has 0 atom stereocenters. The normalized spacial score (nSPS) is 10.8. The highest BCUT2D eigenvalue weighted by atomic mass is 16.5. The number of nitriles is 1. The Labute approximate surface area is 166 Å². The number of nitrogens with zero attached hydrogens (tertiary/aromatic N) is 2. The zero-order valence-electron chi connectivity index (χ0n) is 16.7. The molecule has 6 heteroatoms. The molecule has 146 valence electrons. The number of aryl methyl sites for hydroxylation is 1. The van der Waals surface area contributed by atoms with Crippen LogP contribution in [0.3, 0.4) is 0 Å². The SMILES string of the molecule is CCN(CC)c1ccc(N/C=C(/C#N)C(=O)Nc2cc(C)ccc2OC)cc1. The molecule has 0 aliphatic heterocycles. The van der Waals surface area contributed by atoms with Crippen molar-refractivity contribution in [2.75, 3.05) is 35.7 Å². The standard InChI is InChI=1S/C22H26N4O2/c1-5-26(6-2)19-10-8-18(9-11-19)24-15-17(14-23)22(27)25-20-13-16(3)7-12-21(20)28-4/h7-13,15,24H,5-6H2,1-4H3,(H,25,27)/b17-15-. The van der Waals surface area contributed by atoms with Crippen molar-refractivity contribution in [1.29, 1.82) is 5.26 Å². The molecule has 0 radical (unpaired) electrons. The van der Waals surface area contributed by atoms with Gasteiger partial charge in [0.05, 0.1) is 12.8 Å². The molecule has 2 aromatic rings. The molecule has 0 heterocycles. The van der Waals surface area contributed by atoms with Crippen molar-refractivity contribution in [3.05, 3.63) is 59.8 Å². The summed E-state index contributed by atoms with van der Waals surface area (Å²) in [6, 6.07) is 15.2. The lowest BCUT2D eigenvalue weighted by Crippen LogP contribution is -2.21. The van der Waals surface area contributed by atoms with E-state index in [-0.39, 0.29) is 5.57 Å². The molecule has 0 aliphatic carbocycles. The van der Waals surface area contributed by atoms with Crippen molar-refractivity contribution in [1.82, 2.24) is 0 Å². The molecule has 0 unspecified atom stereocenters. The lowest BCUT2D eigenvalue weighted by Gasteiger charge is -2.21. The fourth-order valence-electron chi connectivity index (χ4n) is 2.77. The molecule has 28 heavy (non-hydrogen) atoms. The molecule has 2 N–H and O–H groups in total. The maximum Gasteiger partial charge on any atom is 0.267 e. The van der Waals surface area contributed by atoms with Crippen LogP contribution in [0, 0.1) is 18.3 Å². The van der Waals surface area contributed by atoms with E-state index in [4.69, 9.17) is 4.74 Å². The Morgan fingerprint density at radius 3 is 2.43 bits per heavy atom. The van der Waals surface area contributed by atoms with Gasteiger partial charge in [0, 0.05) is 30.7 Å². The molecule has 0 saturated heterocycles. The fourth-order valence-corrected chi connectivity index (χ4v) is 2.77. The lowest BCUT2D eigenvalue weighted by molar-refractivity contribution is -0.112. The van der Waals surface area contributed by atoms with Crippen molar-refractivity contribution in [3.8, 4) is 11.8 Å². The van der Waals surface area contributed by atoms with Gasteiger partial charge >= 0.3 is 0 Å². The molecule has 0 aliphatic rings. The molecule has 0 spiro atoms. The van der Waals surface area contributed by atoms with E-state index in [0.717, 1.165) is 30.0 Å². The molecule has 2 aromatic carbocycles. The summed E-state index contributed by atoms with van der Waals surface area (Å²) in [4.78, 5) is 14.7. The summed E-state index contributed by atoms with van der Waals surface area (Å²) in [5.74, 6) is 0.0369. The van der Waals surface area contributed by atoms with Crippen LogP contribution in [-0.2, 0) is 4.79 Å². The minimum atomic E-state index is -0.501. The topological polar surface area (TPSA) is 77.4 Å².